The monoisotopic (exact) mass is 318 g/mol. The van der Waals surface area contributed by atoms with Crippen LogP contribution in [0.1, 0.15) is 0 Å². The number of sulfonamides is 1. The fourth-order valence-corrected chi connectivity index (χ4v) is 3.35. The zero-order valence-corrected chi connectivity index (χ0v) is 12.8. The third kappa shape index (κ3) is 2.27. The van der Waals surface area contributed by atoms with Crippen LogP contribution in [0.15, 0.2) is 52.4 Å². The van der Waals surface area contributed by atoms with Gasteiger partial charge in [-0.25, -0.2) is 13.2 Å². The average Bonchev–Trinajstić information content (AvgIpc) is 2.72. The number of aromatic nitrogens is 3. The minimum absolute atomic E-state index is 0.0880. The molecule has 3 aromatic rings. The van der Waals surface area contributed by atoms with Crippen molar-refractivity contribution in [1.82, 2.24) is 14.1 Å². The van der Waals surface area contributed by atoms with Crippen molar-refractivity contribution < 1.29 is 8.42 Å². The molecule has 0 atom stereocenters. The number of nitrogens with zero attached hydrogens (tertiary/aromatic N) is 3. The van der Waals surface area contributed by atoms with Crippen LogP contribution < -0.4 is 10.4 Å². The van der Waals surface area contributed by atoms with Crippen LogP contribution in [-0.4, -0.2) is 22.5 Å². The molecule has 0 aliphatic heterocycles. The lowest BCUT2D eigenvalue weighted by atomic mass is 10.3. The first-order chi connectivity index (χ1) is 10.4. The van der Waals surface area contributed by atoms with E-state index < -0.39 is 10.0 Å². The van der Waals surface area contributed by atoms with Crippen molar-refractivity contribution in [3.05, 3.63) is 53.2 Å². The minimum atomic E-state index is -3.74. The second kappa shape index (κ2) is 4.99. The van der Waals surface area contributed by atoms with Crippen molar-refractivity contribution in [2.45, 2.75) is 4.90 Å². The van der Waals surface area contributed by atoms with Crippen molar-refractivity contribution in [3.63, 3.8) is 0 Å². The lowest BCUT2D eigenvalue weighted by Crippen LogP contribution is -2.19. The molecule has 3 rings (SSSR count). The molecule has 1 N–H and O–H groups in total. The van der Waals surface area contributed by atoms with E-state index >= 15 is 0 Å². The van der Waals surface area contributed by atoms with Crippen LogP contribution in [0.4, 0.5) is 5.69 Å². The molecular weight excluding hydrogens is 304 g/mol. The number of hydrogen-bond donors (Lipinski definition) is 1. The summed E-state index contributed by atoms with van der Waals surface area (Å²) in [6, 6.07) is 7.83. The molecule has 0 bridgehead atoms. The highest BCUT2D eigenvalue weighted by Gasteiger charge is 2.17. The Morgan fingerprint density at radius 1 is 1.09 bits per heavy atom. The number of aryl methyl sites for hydroxylation is 2. The highest BCUT2D eigenvalue weighted by atomic mass is 32.2. The van der Waals surface area contributed by atoms with Crippen molar-refractivity contribution >= 4 is 26.7 Å². The van der Waals surface area contributed by atoms with Crippen LogP contribution >= 0.6 is 0 Å². The van der Waals surface area contributed by atoms with E-state index in [1.165, 1.54) is 27.5 Å². The Bertz CT molecular complexity index is 1000. The first-order valence-electron chi connectivity index (χ1n) is 6.48. The maximum atomic E-state index is 12.4. The first-order valence-corrected chi connectivity index (χ1v) is 7.97. The van der Waals surface area contributed by atoms with E-state index in [1.54, 1.807) is 38.5 Å². The molecule has 0 radical (unpaired) electrons. The minimum Gasteiger partial charge on any atom is -0.295 e. The molecule has 0 fully saturated rings. The summed E-state index contributed by atoms with van der Waals surface area (Å²) in [6.45, 7) is 0. The van der Waals surface area contributed by atoms with Crippen LogP contribution in [0.2, 0.25) is 0 Å². The maximum absolute atomic E-state index is 12.4. The molecule has 0 aliphatic carbocycles. The Kier molecular flexibility index (Phi) is 3.25. The van der Waals surface area contributed by atoms with E-state index in [0.717, 1.165) is 0 Å². The van der Waals surface area contributed by atoms with E-state index in [9.17, 15) is 13.2 Å². The number of anilines is 1. The van der Waals surface area contributed by atoms with E-state index in [4.69, 9.17) is 0 Å². The molecule has 7 nitrogen and oxygen atoms in total. The van der Waals surface area contributed by atoms with Gasteiger partial charge >= 0.3 is 5.69 Å². The summed E-state index contributed by atoms with van der Waals surface area (Å²) in [4.78, 5) is 15.8. The van der Waals surface area contributed by atoms with E-state index in [1.807, 2.05) is 0 Å². The van der Waals surface area contributed by atoms with Gasteiger partial charge in [0.15, 0.2) is 0 Å². The van der Waals surface area contributed by atoms with Gasteiger partial charge in [0.1, 0.15) is 0 Å². The van der Waals surface area contributed by atoms with E-state index in [2.05, 4.69) is 9.71 Å². The number of imidazole rings is 1. The van der Waals surface area contributed by atoms with Gasteiger partial charge < -0.3 is 0 Å². The summed E-state index contributed by atoms with van der Waals surface area (Å²) in [5, 5.41) is 0. The molecule has 0 saturated carbocycles. The number of rotatable bonds is 3. The summed E-state index contributed by atoms with van der Waals surface area (Å²) in [6.07, 6.45) is 2.98. The summed E-state index contributed by atoms with van der Waals surface area (Å²) in [5.74, 6) is 0. The molecule has 1 aromatic carbocycles. The van der Waals surface area contributed by atoms with Gasteiger partial charge in [0.05, 0.1) is 27.8 Å². The Hall–Kier alpha value is -2.61. The van der Waals surface area contributed by atoms with E-state index in [0.29, 0.717) is 16.7 Å². The quantitative estimate of drug-likeness (QED) is 0.783. The Morgan fingerprint density at radius 3 is 2.50 bits per heavy atom. The van der Waals surface area contributed by atoms with Crippen LogP contribution in [0, 0.1) is 0 Å². The maximum Gasteiger partial charge on any atom is 0.328 e. The fourth-order valence-electron chi connectivity index (χ4n) is 2.29. The van der Waals surface area contributed by atoms with Crippen molar-refractivity contribution in [2.24, 2.45) is 14.1 Å². The third-order valence-corrected chi connectivity index (χ3v) is 4.85. The molecule has 2 aromatic heterocycles. The van der Waals surface area contributed by atoms with Crippen LogP contribution in [0.3, 0.4) is 0 Å². The van der Waals surface area contributed by atoms with Crippen molar-refractivity contribution in [3.8, 4) is 0 Å². The molecule has 0 aliphatic rings. The van der Waals surface area contributed by atoms with Gasteiger partial charge in [0.2, 0.25) is 0 Å². The van der Waals surface area contributed by atoms with E-state index in [-0.39, 0.29) is 10.6 Å². The average molecular weight is 318 g/mol. The van der Waals surface area contributed by atoms with Gasteiger partial charge in [-0.1, -0.05) is 0 Å². The highest BCUT2D eigenvalue weighted by molar-refractivity contribution is 7.92. The highest BCUT2D eigenvalue weighted by Crippen LogP contribution is 2.20. The standard InChI is InChI=1S/C14H14N4O3S/c1-17-12-6-5-11(8-13(12)18(2)14(17)19)22(20,21)16-10-4-3-7-15-9-10/h3-9,16H,1-2H3. The van der Waals surface area contributed by atoms with Gasteiger partial charge in [-0.3, -0.25) is 18.8 Å². The Labute approximate surface area is 126 Å². The third-order valence-electron chi connectivity index (χ3n) is 3.47. The zero-order valence-electron chi connectivity index (χ0n) is 12.0. The predicted molar refractivity (Wildman–Crippen MR) is 83.2 cm³/mol. The lowest BCUT2D eigenvalue weighted by molar-refractivity contribution is 0.601. The normalized spacial score (nSPS) is 11.7. The number of benzene rings is 1. The smallest absolute Gasteiger partial charge is 0.295 e. The van der Waals surface area contributed by atoms with Gasteiger partial charge in [-0.2, -0.15) is 0 Å². The topological polar surface area (TPSA) is 86.0 Å². The zero-order chi connectivity index (χ0) is 15.9. The number of fused-ring (bicyclic) bond motifs is 1. The molecule has 22 heavy (non-hydrogen) atoms. The second-order valence-electron chi connectivity index (χ2n) is 4.90. The molecule has 0 spiro atoms. The summed E-state index contributed by atoms with van der Waals surface area (Å²) in [5.41, 5.74) is 1.41. The lowest BCUT2D eigenvalue weighted by Gasteiger charge is -2.08. The first kappa shape index (κ1) is 14.3. The molecule has 0 saturated heterocycles. The summed E-state index contributed by atoms with van der Waals surface area (Å²) >= 11 is 0. The van der Waals surface area contributed by atoms with Crippen molar-refractivity contribution in [1.29, 1.82) is 0 Å². The van der Waals surface area contributed by atoms with Gasteiger partial charge in [-0.15, -0.1) is 0 Å². The summed E-state index contributed by atoms with van der Waals surface area (Å²) < 4.78 is 30.2. The van der Waals surface area contributed by atoms with Gasteiger partial charge in [0.25, 0.3) is 10.0 Å². The SMILES string of the molecule is Cn1c(=O)n(C)c2cc(S(=O)(=O)Nc3cccnc3)ccc21. The summed E-state index contributed by atoms with van der Waals surface area (Å²) in [7, 11) is -0.487. The largest absolute Gasteiger partial charge is 0.328 e. The molecular formula is C14H14N4O3S. The molecule has 0 amide bonds. The molecule has 114 valence electrons. The number of pyridine rings is 1. The van der Waals surface area contributed by atoms with Crippen LogP contribution in [0.5, 0.6) is 0 Å². The van der Waals surface area contributed by atoms with Crippen LogP contribution in [-0.2, 0) is 24.1 Å². The second-order valence-corrected chi connectivity index (χ2v) is 6.58. The Balaban J connectivity index is 2.10. The van der Waals surface area contributed by atoms with Crippen molar-refractivity contribution in [2.75, 3.05) is 4.72 Å². The van der Waals surface area contributed by atoms with Gasteiger partial charge in [-0.05, 0) is 30.3 Å². The van der Waals surface area contributed by atoms with Crippen LogP contribution in [0.25, 0.3) is 11.0 Å². The molecule has 2 heterocycles. The molecule has 0 unspecified atom stereocenters. The molecule has 8 heteroatoms. The number of nitrogens with one attached hydrogen (secondary N) is 1. The Morgan fingerprint density at radius 2 is 1.82 bits per heavy atom. The fraction of sp³-hybridized carbons (Fsp3) is 0.143. The number of hydrogen-bond acceptors (Lipinski definition) is 4. The van der Waals surface area contributed by atoms with Gasteiger partial charge in [0, 0.05) is 20.3 Å². The predicted octanol–water partition coefficient (Wildman–Crippen LogP) is 1.07.